The molecular formula is C12H15ClN4. The maximum atomic E-state index is 6.08. The number of rotatable bonds is 3. The van der Waals surface area contributed by atoms with E-state index in [0.717, 1.165) is 29.9 Å². The zero-order valence-electron chi connectivity index (χ0n) is 10.2. The summed E-state index contributed by atoms with van der Waals surface area (Å²) in [4.78, 5) is 12.9. The van der Waals surface area contributed by atoms with Gasteiger partial charge < -0.3 is 4.57 Å². The van der Waals surface area contributed by atoms with Gasteiger partial charge in [0.2, 0.25) is 0 Å². The maximum Gasteiger partial charge on any atom is 0.179 e. The first-order valence-corrected chi connectivity index (χ1v) is 6.02. The van der Waals surface area contributed by atoms with Crippen LogP contribution >= 0.6 is 11.6 Å². The largest absolute Gasteiger partial charge is 0.328 e. The molecule has 0 amide bonds. The molecule has 0 aliphatic heterocycles. The van der Waals surface area contributed by atoms with Crippen molar-refractivity contribution in [3.05, 3.63) is 28.9 Å². The van der Waals surface area contributed by atoms with Crippen LogP contribution in [0, 0.1) is 13.8 Å². The van der Waals surface area contributed by atoms with Gasteiger partial charge in [0.15, 0.2) is 5.82 Å². The Morgan fingerprint density at radius 1 is 1.29 bits per heavy atom. The molecule has 90 valence electrons. The molecule has 0 N–H and O–H groups in total. The molecule has 0 bridgehead atoms. The van der Waals surface area contributed by atoms with E-state index in [1.54, 1.807) is 12.5 Å². The molecule has 2 heterocycles. The zero-order valence-corrected chi connectivity index (χ0v) is 11.0. The lowest BCUT2D eigenvalue weighted by Gasteiger charge is -2.08. The van der Waals surface area contributed by atoms with Crippen LogP contribution in [0.1, 0.15) is 24.6 Å². The van der Waals surface area contributed by atoms with E-state index in [4.69, 9.17) is 11.6 Å². The maximum absolute atomic E-state index is 6.08. The van der Waals surface area contributed by atoms with Crippen LogP contribution in [0.3, 0.4) is 0 Å². The third kappa shape index (κ3) is 2.31. The van der Waals surface area contributed by atoms with Gasteiger partial charge >= 0.3 is 0 Å². The van der Waals surface area contributed by atoms with Gasteiger partial charge in [-0.1, -0.05) is 18.5 Å². The average molecular weight is 251 g/mol. The summed E-state index contributed by atoms with van der Waals surface area (Å²) in [6, 6.07) is 0. The quantitative estimate of drug-likeness (QED) is 0.787. The molecule has 0 atom stereocenters. The van der Waals surface area contributed by atoms with Gasteiger partial charge in [0.05, 0.1) is 12.5 Å². The molecule has 0 aliphatic carbocycles. The molecule has 17 heavy (non-hydrogen) atoms. The first kappa shape index (κ1) is 12.0. The Morgan fingerprint density at radius 3 is 2.71 bits per heavy atom. The van der Waals surface area contributed by atoms with Crippen LogP contribution in [0.2, 0.25) is 5.15 Å². The summed E-state index contributed by atoms with van der Waals surface area (Å²) >= 11 is 6.08. The van der Waals surface area contributed by atoms with Crippen LogP contribution in [-0.4, -0.2) is 19.5 Å². The van der Waals surface area contributed by atoms with Gasteiger partial charge in [-0.25, -0.2) is 15.0 Å². The summed E-state index contributed by atoms with van der Waals surface area (Å²) in [6.07, 6.45) is 4.61. The van der Waals surface area contributed by atoms with Crippen molar-refractivity contribution >= 4 is 11.6 Å². The van der Waals surface area contributed by atoms with Gasteiger partial charge in [-0.2, -0.15) is 0 Å². The van der Waals surface area contributed by atoms with Gasteiger partial charge in [0, 0.05) is 17.8 Å². The monoisotopic (exact) mass is 250 g/mol. The molecule has 0 saturated heterocycles. The molecule has 2 rings (SSSR count). The Hall–Kier alpha value is -1.42. The molecule has 0 aromatic carbocycles. The average Bonchev–Trinajstić information content (AvgIpc) is 2.74. The lowest BCUT2D eigenvalue weighted by Crippen LogP contribution is -2.02. The molecule has 0 unspecified atom stereocenters. The number of aryl methyl sites for hydroxylation is 2. The van der Waals surface area contributed by atoms with Crippen molar-refractivity contribution < 1.29 is 0 Å². The van der Waals surface area contributed by atoms with Crippen molar-refractivity contribution in [1.29, 1.82) is 0 Å². The summed E-state index contributed by atoms with van der Waals surface area (Å²) in [7, 11) is 0. The fourth-order valence-electron chi connectivity index (χ4n) is 1.63. The number of imidazole rings is 1. The van der Waals surface area contributed by atoms with E-state index in [-0.39, 0.29) is 0 Å². The number of hydrogen-bond donors (Lipinski definition) is 0. The summed E-state index contributed by atoms with van der Waals surface area (Å²) in [5, 5.41) is 0.511. The van der Waals surface area contributed by atoms with E-state index in [1.165, 1.54) is 0 Å². The SMILES string of the molecule is CCCn1cncc1-c1nc(C)c(C)c(Cl)n1. The van der Waals surface area contributed by atoms with Gasteiger partial charge in [-0.3, -0.25) is 0 Å². The van der Waals surface area contributed by atoms with Crippen molar-refractivity contribution in [2.24, 2.45) is 0 Å². The molecule has 5 heteroatoms. The minimum absolute atomic E-state index is 0.511. The Balaban J connectivity index is 2.49. The predicted octanol–water partition coefficient (Wildman–Crippen LogP) is 3.02. The van der Waals surface area contributed by atoms with Gasteiger partial charge in [0.1, 0.15) is 10.8 Å². The van der Waals surface area contributed by atoms with E-state index >= 15 is 0 Å². The second-order valence-corrected chi connectivity index (χ2v) is 4.38. The molecule has 0 spiro atoms. The molecular weight excluding hydrogens is 236 g/mol. The third-order valence-corrected chi connectivity index (χ3v) is 3.10. The first-order valence-electron chi connectivity index (χ1n) is 5.64. The fourth-order valence-corrected chi connectivity index (χ4v) is 1.85. The fraction of sp³-hybridized carbons (Fsp3) is 0.417. The third-order valence-electron chi connectivity index (χ3n) is 2.74. The summed E-state index contributed by atoms with van der Waals surface area (Å²) in [5.74, 6) is 0.643. The number of halogens is 1. The Bertz CT molecular complexity index is 510. The highest BCUT2D eigenvalue weighted by atomic mass is 35.5. The minimum atomic E-state index is 0.511. The van der Waals surface area contributed by atoms with Crippen LogP contribution in [-0.2, 0) is 6.54 Å². The van der Waals surface area contributed by atoms with Gasteiger partial charge in [0.25, 0.3) is 0 Å². The highest BCUT2D eigenvalue weighted by molar-refractivity contribution is 6.30. The molecule has 0 saturated carbocycles. The molecule has 0 radical (unpaired) electrons. The second-order valence-electron chi connectivity index (χ2n) is 4.02. The lowest BCUT2D eigenvalue weighted by molar-refractivity contribution is 0.681. The van der Waals surface area contributed by atoms with Crippen LogP contribution in [0.5, 0.6) is 0 Å². The second kappa shape index (κ2) is 4.84. The lowest BCUT2D eigenvalue weighted by atomic mass is 10.2. The van der Waals surface area contributed by atoms with Crippen LogP contribution < -0.4 is 0 Å². The van der Waals surface area contributed by atoms with Crippen molar-refractivity contribution in [1.82, 2.24) is 19.5 Å². The van der Waals surface area contributed by atoms with Crippen LogP contribution in [0.25, 0.3) is 11.5 Å². The minimum Gasteiger partial charge on any atom is -0.328 e. The standard InChI is InChI=1S/C12H15ClN4/c1-4-5-17-7-14-6-10(17)12-15-9(3)8(2)11(13)16-12/h6-7H,4-5H2,1-3H3. The van der Waals surface area contributed by atoms with Crippen molar-refractivity contribution in [3.63, 3.8) is 0 Å². The summed E-state index contributed by atoms with van der Waals surface area (Å²) < 4.78 is 2.04. The van der Waals surface area contributed by atoms with E-state index in [1.807, 2.05) is 18.4 Å². The number of hydrogen-bond acceptors (Lipinski definition) is 3. The molecule has 0 aliphatic rings. The van der Waals surface area contributed by atoms with Gasteiger partial charge in [-0.15, -0.1) is 0 Å². The van der Waals surface area contributed by atoms with E-state index in [2.05, 4.69) is 21.9 Å². The highest BCUT2D eigenvalue weighted by Gasteiger charge is 2.11. The van der Waals surface area contributed by atoms with Crippen LogP contribution in [0.15, 0.2) is 12.5 Å². The first-order chi connectivity index (χ1) is 8.13. The van der Waals surface area contributed by atoms with E-state index in [9.17, 15) is 0 Å². The van der Waals surface area contributed by atoms with E-state index < -0.39 is 0 Å². The number of nitrogens with zero attached hydrogens (tertiary/aromatic N) is 4. The zero-order chi connectivity index (χ0) is 12.4. The van der Waals surface area contributed by atoms with Crippen LogP contribution in [0.4, 0.5) is 0 Å². The topological polar surface area (TPSA) is 43.6 Å². The van der Waals surface area contributed by atoms with Gasteiger partial charge in [-0.05, 0) is 20.3 Å². The normalized spacial score (nSPS) is 10.8. The predicted molar refractivity (Wildman–Crippen MR) is 68.0 cm³/mol. The molecule has 4 nitrogen and oxygen atoms in total. The smallest absolute Gasteiger partial charge is 0.179 e. The summed E-state index contributed by atoms with van der Waals surface area (Å²) in [6.45, 7) is 6.89. The summed E-state index contributed by atoms with van der Waals surface area (Å²) in [5.41, 5.74) is 2.75. The highest BCUT2D eigenvalue weighted by Crippen LogP contribution is 2.21. The molecule has 2 aromatic rings. The number of aromatic nitrogens is 4. The van der Waals surface area contributed by atoms with Crippen molar-refractivity contribution in [2.75, 3.05) is 0 Å². The van der Waals surface area contributed by atoms with E-state index in [0.29, 0.717) is 11.0 Å². The molecule has 0 fully saturated rings. The Labute approximate surface area is 106 Å². The molecule has 2 aromatic heterocycles. The Kier molecular flexibility index (Phi) is 3.43. The Morgan fingerprint density at radius 2 is 2.06 bits per heavy atom. The van der Waals surface area contributed by atoms with Crippen molar-refractivity contribution in [3.8, 4) is 11.5 Å². The van der Waals surface area contributed by atoms with Crippen molar-refractivity contribution in [2.45, 2.75) is 33.7 Å².